The quantitative estimate of drug-likeness (QED) is 0.539. The Kier molecular flexibility index (Phi) is 5.06. The first-order chi connectivity index (χ1) is 13.7. The SMILES string of the molecule is Cc1cc(NC(O)c2c3c(cn2C)S(=O)(=O)N[C@@H](C(O)C2CC2)CO3)ccc1F. The van der Waals surface area contributed by atoms with Crippen LogP contribution in [0.3, 0.4) is 0 Å². The van der Waals surface area contributed by atoms with Gasteiger partial charge < -0.3 is 24.8 Å². The number of nitrogens with one attached hydrogen (secondary N) is 2. The largest absolute Gasteiger partial charge is 0.488 e. The normalized spacial score (nSPS) is 22.9. The van der Waals surface area contributed by atoms with Gasteiger partial charge in [-0.15, -0.1) is 0 Å². The Labute approximate surface area is 168 Å². The zero-order valence-electron chi connectivity index (χ0n) is 16.1. The average Bonchev–Trinajstić information content (AvgIpc) is 3.45. The fraction of sp³-hybridized carbons (Fsp3) is 0.474. The maximum Gasteiger partial charge on any atom is 0.246 e. The highest BCUT2D eigenvalue weighted by molar-refractivity contribution is 7.89. The van der Waals surface area contributed by atoms with E-state index in [4.69, 9.17) is 4.74 Å². The summed E-state index contributed by atoms with van der Waals surface area (Å²) in [5.74, 6) is -0.258. The van der Waals surface area contributed by atoms with E-state index in [1.807, 2.05) is 0 Å². The second-order valence-corrected chi connectivity index (χ2v) is 9.38. The van der Waals surface area contributed by atoms with Crippen LogP contribution < -0.4 is 14.8 Å². The minimum atomic E-state index is -3.94. The molecular formula is C19H24FN3O5S. The van der Waals surface area contributed by atoms with E-state index in [-0.39, 0.29) is 34.7 Å². The van der Waals surface area contributed by atoms with Crippen LogP contribution in [0.15, 0.2) is 29.3 Å². The van der Waals surface area contributed by atoms with Gasteiger partial charge in [-0.3, -0.25) is 0 Å². The zero-order valence-corrected chi connectivity index (χ0v) is 16.9. The van der Waals surface area contributed by atoms with Crippen molar-refractivity contribution in [2.75, 3.05) is 11.9 Å². The molecule has 0 bridgehead atoms. The van der Waals surface area contributed by atoms with E-state index >= 15 is 0 Å². The first-order valence-electron chi connectivity index (χ1n) is 9.40. The lowest BCUT2D eigenvalue weighted by atomic mass is 10.1. The summed E-state index contributed by atoms with van der Waals surface area (Å²) in [6, 6.07) is 3.54. The van der Waals surface area contributed by atoms with E-state index in [1.165, 1.54) is 22.9 Å². The molecule has 1 saturated carbocycles. The van der Waals surface area contributed by atoms with Crippen LogP contribution in [0.5, 0.6) is 5.75 Å². The smallest absolute Gasteiger partial charge is 0.246 e. The van der Waals surface area contributed by atoms with Gasteiger partial charge in [0.15, 0.2) is 12.0 Å². The van der Waals surface area contributed by atoms with Gasteiger partial charge in [0.25, 0.3) is 0 Å². The maximum atomic E-state index is 13.5. The number of fused-ring (bicyclic) bond motifs is 1. The molecule has 0 spiro atoms. The summed E-state index contributed by atoms with van der Waals surface area (Å²) in [5, 5.41) is 23.9. The summed E-state index contributed by atoms with van der Waals surface area (Å²) in [4.78, 5) is -0.100. The number of ether oxygens (including phenoxy) is 1. The van der Waals surface area contributed by atoms with Crippen molar-refractivity contribution in [2.24, 2.45) is 13.0 Å². The molecule has 8 nitrogen and oxygen atoms in total. The first kappa shape index (κ1) is 20.1. The lowest BCUT2D eigenvalue weighted by Crippen LogP contribution is -2.46. The minimum Gasteiger partial charge on any atom is -0.488 e. The summed E-state index contributed by atoms with van der Waals surface area (Å²) in [6.45, 7) is 1.55. The van der Waals surface area contributed by atoms with Crippen molar-refractivity contribution in [1.82, 2.24) is 9.29 Å². The third-order valence-electron chi connectivity index (χ3n) is 5.39. The van der Waals surface area contributed by atoms with Crippen LogP contribution >= 0.6 is 0 Å². The van der Waals surface area contributed by atoms with Crippen LogP contribution in [0.1, 0.15) is 30.3 Å². The number of halogens is 1. The molecule has 4 rings (SSSR count). The standard InChI is InChI=1S/C19H24FN3O5S/c1-10-7-12(5-6-13(10)20)21-19(25)16-18-15(8-23(16)2)29(26,27)22-14(9-28-18)17(24)11-3-4-11/h5-8,11,14,17,19,21-22,24-25H,3-4,9H2,1-2H3/t14-,17?,19?/m1/s1. The number of aliphatic hydroxyl groups excluding tert-OH is 2. The van der Waals surface area contributed by atoms with Crippen molar-refractivity contribution in [3.63, 3.8) is 0 Å². The molecule has 158 valence electrons. The van der Waals surface area contributed by atoms with Crippen molar-refractivity contribution in [3.05, 3.63) is 41.5 Å². The van der Waals surface area contributed by atoms with Gasteiger partial charge in [0.2, 0.25) is 10.0 Å². The molecule has 1 aliphatic carbocycles. The zero-order chi connectivity index (χ0) is 20.9. The minimum absolute atomic E-state index is 0.0318. The lowest BCUT2D eigenvalue weighted by Gasteiger charge is -2.22. The van der Waals surface area contributed by atoms with Crippen molar-refractivity contribution >= 4 is 15.7 Å². The number of aliphatic hydroxyl groups is 2. The summed E-state index contributed by atoms with van der Waals surface area (Å²) >= 11 is 0. The van der Waals surface area contributed by atoms with E-state index in [0.29, 0.717) is 11.3 Å². The van der Waals surface area contributed by atoms with E-state index in [1.54, 1.807) is 20.0 Å². The van der Waals surface area contributed by atoms with Gasteiger partial charge in [-0.1, -0.05) is 0 Å². The molecule has 1 aromatic carbocycles. The molecule has 10 heteroatoms. The van der Waals surface area contributed by atoms with Crippen molar-refractivity contribution < 1.29 is 27.8 Å². The molecule has 2 aliphatic rings. The van der Waals surface area contributed by atoms with Crippen LogP contribution in [-0.4, -0.2) is 42.0 Å². The number of benzene rings is 1. The van der Waals surface area contributed by atoms with Gasteiger partial charge in [-0.05, 0) is 49.4 Å². The Morgan fingerprint density at radius 2 is 2.07 bits per heavy atom. The van der Waals surface area contributed by atoms with E-state index in [9.17, 15) is 23.0 Å². The van der Waals surface area contributed by atoms with Gasteiger partial charge in [-0.2, -0.15) is 0 Å². The number of rotatable bonds is 5. The van der Waals surface area contributed by atoms with Crippen LogP contribution in [-0.2, 0) is 17.1 Å². The molecule has 0 amide bonds. The monoisotopic (exact) mass is 425 g/mol. The summed E-state index contributed by atoms with van der Waals surface area (Å²) < 4.78 is 48.9. The predicted octanol–water partition coefficient (Wildman–Crippen LogP) is 1.39. The van der Waals surface area contributed by atoms with E-state index in [2.05, 4.69) is 10.0 Å². The molecule has 29 heavy (non-hydrogen) atoms. The first-order valence-corrected chi connectivity index (χ1v) is 10.9. The molecule has 3 atom stereocenters. The molecule has 2 unspecified atom stereocenters. The fourth-order valence-corrected chi connectivity index (χ4v) is 5.05. The molecule has 0 radical (unpaired) electrons. The molecule has 4 N–H and O–H groups in total. The number of hydrogen-bond donors (Lipinski definition) is 4. The van der Waals surface area contributed by atoms with Crippen LogP contribution in [0.4, 0.5) is 10.1 Å². The Morgan fingerprint density at radius 3 is 2.72 bits per heavy atom. The molecule has 2 heterocycles. The molecular weight excluding hydrogens is 401 g/mol. The molecule has 0 saturated heterocycles. The summed E-state index contributed by atoms with van der Waals surface area (Å²) in [6.07, 6.45) is 0.960. The third-order valence-corrected chi connectivity index (χ3v) is 6.87. The number of nitrogens with zero attached hydrogens (tertiary/aromatic N) is 1. The molecule has 1 fully saturated rings. The van der Waals surface area contributed by atoms with Gasteiger partial charge in [0, 0.05) is 18.9 Å². The van der Waals surface area contributed by atoms with Crippen LogP contribution in [0, 0.1) is 18.7 Å². The number of aromatic nitrogens is 1. The van der Waals surface area contributed by atoms with Gasteiger partial charge in [-0.25, -0.2) is 17.5 Å². The maximum absolute atomic E-state index is 13.5. The molecule has 1 aromatic heterocycles. The summed E-state index contributed by atoms with van der Waals surface area (Å²) in [7, 11) is -2.35. The van der Waals surface area contributed by atoms with Crippen LogP contribution in [0.25, 0.3) is 0 Å². The Balaban J connectivity index is 1.63. The Bertz CT molecular complexity index is 1030. The number of aryl methyl sites for hydroxylation is 2. The van der Waals surface area contributed by atoms with Crippen molar-refractivity contribution in [1.29, 1.82) is 0 Å². The predicted molar refractivity (Wildman–Crippen MR) is 103 cm³/mol. The van der Waals surface area contributed by atoms with Crippen molar-refractivity contribution in [3.8, 4) is 5.75 Å². The topological polar surface area (TPSA) is 113 Å². The Morgan fingerprint density at radius 1 is 1.34 bits per heavy atom. The average molecular weight is 425 g/mol. The van der Waals surface area contributed by atoms with E-state index in [0.717, 1.165) is 12.8 Å². The van der Waals surface area contributed by atoms with Crippen LogP contribution in [0.2, 0.25) is 0 Å². The highest BCUT2D eigenvalue weighted by Gasteiger charge is 2.41. The van der Waals surface area contributed by atoms with Gasteiger partial charge >= 0.3 is 0 Å². The lowest BCUT2D eigenvalue weighted by molar-refractivity contribution is 0.0896. The van der Waals surface area contributed by atoms with Crippen molar-refractivity contribution in [2.45, 2.75) is 43.0 Å². The highest BCUT2D eigenvalue weighted by atomic mass is 32.2. The number of anilines is 1. The fourth-order valence-electron chi connectivity index (χ4n) is 3.61. The number of sulfonamides is 1. The molecule has 2 aromatic rings. The highest BCUT2D eigenvalue weighted by Crippen LogP contribution is 2.39. The summed E-state index contributed by atoms with van der Waals surface area (Å²) in [5.41, 5.74) is 1.10. The molecule has 1 aliphatic heterocycles. The Hall–Kier alpha value is -2.14. The second kappa shape index (κ2) is 7.28. The van der Waals surface area contributed by atoms with Gasteiger partial charge in [0.1, 0.15) is 23.0 Å². The van der Waals surface area contributed by atoms with E-state index < -0.39 is 28.4 Å². The third kappa shape index (κ3) is 3.85. The van der Waals surface area contributed by atoms with Gasteiger partial charge in [0.05, 0.1) is 12.1 Å². The second-order valence-electron chi connectivity index (χ2n) is 7.70. The number of hydrogen-bond acceptors (Lipinski definition) is 6.